The van der Waals surface area contributed by atoms with Crippen molar-refractivity contribution in [2.24, 2.45) is 0 Å². The first-order chi connectivity index (χ1) is 16.1. The predicted octanol–water partition coefficient (Wildman–Crippen LogP) is 3.74. The molecule has 1 unspecified atom stereocenters. The number of benzene rings is 2. The Morgan fingerprint density at radius 1 is 1.21 bits per heavy atom. The number of fused-ring (bicyclic) bond motifs is 2. The maximum Gasteiger partial charge on any atom is 0.260 e. The number of anilines is 2. The minimum atomic E-state index is -0.659. The van der Waals surface area contributed by atoms with Gasteiger partial charge in [0.05, 0.1) is 40.4 Å². The first kappa shape index (κ1) is 20.8. The number of thiazole rings is 1. The van der Waals surface area contributed by atoms with Gasteiger partial charge in [0.25, 0.3) is 5.91 Å². The fourth-order valence-electron chi connectivity index (χ4n) is 3.62. The summed E-state index contributed by atoms with van der Waals surface area (Å²) in [4.78, 5) is 25.1. The molecule has 5 rings (SSSR count). The lowest BCUT2D eigenvalue weighted by molar-refractivity contribution is -0.126. The van der Waals surface area contributed by atoms with Crippen LogP contribution in [0.3, 0.4) is 0 Å². The Balaban J connectivity index is 1.46. The summed E-state index contributed by atoms with van der Waals surface area (Å²) < 4.78 is 7.86. The molecule has 2 N–H and O–H groups in total. The van der Waals surface area contributed by atoms with Crippen LogP contribution in [0.15, 0.2) is 59.8 Å². The maximum absolute atomic E-state index is 12.0. The smallest absolute Gasteiger partial charge is 0.260 e. The van der Waals surface area contributed by atoms with Crippen molar-refractivity contribution in [1.29, 1.82) is 0 Å². The van der Waals surface area contributed by atoms with E-state index in [0.29, 0.717) is 29.0 Å². The van der Waals surface area contributed by atoms with Crippen molar-refractivity contribution in [3.05, 3.63) is 65.5 Å². The minimum absolute atomic E-state index is 0.210. The largest absolute Gasteiger partial charge is 0.480 e. The Morgan fingerprint density at radius 3 is 2.94 bits per heavy atom. The van der Waals surface area contributed by atoms with Crippen molar-refractivity contribution < 1.29 is 9.53 Å². The highest BCUT2D eigenvalue weighted by Gasteiger charge is 2.17. The zero-order chi connectivity index (χ0) is 22.8. The molecule has 0 fully saturated rings. The molecule has 1 atom stereocenters. The number of carbonyl (C=O) groups is 1. The highest BCUT2D eigenvalue weighted by Crippen LogP contribution is 2.32. The summed E-state index contributed by atoms with van der Waals surface area (Å²) in [5, 5.41) is 14.2. The lowest BCUT2D eigenvalue weighted by Gasteiger charge is -2.16. The molecule has 10 heteroatoms. The molecule has 2 aromatic carbocycles. The van der Waals surface area contributed by atoms with E-state index in [-0.39, 0.29) is 5.91 Å². The van der Waals surface area contributed by atoms with Gasteiger partial charge in [0, 0.05) is 23.5 Å². The highest BCUT2D eigenvalue weighted by atomic mass is 32.1. The quantitative estimate of drug-likeness (QED) is 0.382. The molecule has 9 nitrogen and oxygen atoms in total. The molecular weight excluding hydrogens is 438 g/mol. The first-order valence-corrected chi connectivity index (χ1v) is 11.3. The van der Waals surface area contributed by atoms with Crippen molar-refractivity contribution in [1.82, 2.24) is 30.0 Å². The van der Waals surface area contributed by atoms with Gasteiger partial charge in [0.15, 0.2) is 6.10 Å². The van der Waals surface area contributed by atoms with Crippen LogP contribution in [0, 0.1) is 0 Å². The summed E-state index contributed by atoms with van der Waals surface area (Å²) in [7, 11) is 1.58. The van der Waals surface area contributed by atoms with Crippen molar-refractivity contribution in [2.45, 2.75) is 19.6 Å². The molecule has 5 aromatic rings. The zero-order valence-corrected chi connectivity index (χ0v) is 18.8. The molecule has 0 aliphatic carbocycles. The van der Waals surface area contributed by atoms with E-state index in [1.807, 2.05) is 58.2 Å². The minimum Gasteiger partial charge on any atom is -0.480 e. The van der Waals surface area contributed by atoms with Crippen LogP contribution in [-0.2, 0) is 11.3 Å². The average molecular weight is 460 g/mol. The van der Waals surface area contributed by atoms with Gasteiger partial charge >= 0.3 is 0 Å². The lowest BCUT2D eigenvalue weighted by atomic mass is 10.2. The average Bonchev–Trinajstić information content (AvgIpc) is 3.49. The van der Waals surface area contributed by atoms with Gasteiger partial charge in [0.1, 0.15) is 17.9 Å². The van der Waals surface area contributed by atoms with E-state index in [2.05, 4.69) is 30.7 Å². The van der Waals surface area contributed by atoms with Crippen LogP contribution in [0.2, 0.25) is 0 Å². The third-order valence-corrected chi connectivity index (χ3v) is 5.88. The first-order valence-electron chi connectivity index (χ1n) is 10.3. The number of carbonyl (C=O) groups excluding carboxylic acids is 1. The van der Waals surface area contributed by atoms with Gasteiger partial charge in [-0.25, -0.2) is 15.0 Å². The molecule has 0 saturated heterocycles. The number of ether oxygens (including phenoxy) is 1. The Morgan fingerprint density at radius 2 is 2.12 bits per heavy atom. The molecule has 1 amide bonds. The Hall–Kier alpha value is -4.05. The van der Waals surface area contributed by atoms with Crippen LogP contribution in [0.1, 0.15) is 12.6 Å². The van der Waals surface area contributed by atoms with Crippen molar-refractivity contribution in [3.63, 3.8) is 0 Å². The lowest BCUT2D eigenvalue weighted by Crippen LogP contribution is -2.33. The van der Waals surface area contributed by atoms with Gasteiger partial charge in [-0.3, -0.25) is 9.48 Å². The van der Waals surface area contributed by atoms with Gasteiger partial charge < -0.3 is 15.4 Å². The SMILES string of the molecule is CNC(=O)C(C)Oc1cccc2ncnc(Nc3ccc4c(cnn4Cc4cscn4)c3)c12. The molecule has 0 bridgehead atoms. The number of hydrogen-bond acceptors (Lipinski definition) is 8. The number of amides is 1. The van der Waals surface area contributed by atoms with Crippen LogP contribution < -0.4 is 15.4 Å². The molecule has 166 valence electrons. The third kappa shape index (κ3) is 4.20. The van der Waals surface area contributed by atoms with Crippen molar-refractivity contribution in [2.75, 3.05) is 12.4 Å². The van der Waals surface area contributed by atoms with E-state index < -0.39 is 6.10 Å². The van der Waals surface area contributed by atoms with Gasteiger partial charge in [-0.2, -0.15) is 5.10 Å². The van der Waals surface area contributed by atoms with Crippen molar-refractivity contribution in [3.8, 4) is 5.75 Å². The van der Waals surface area contributed by atoms with E-state index in [9.17, 15) is 4.79 Å². The second kappa shape index (κ2) is 8.83. The monoisotopic (exact) mass is 459 g/mol. The Bertz CT molecular complexity index is 1430. The van der Waals surface area contributed by atoms with E-state index in [4.69, 9.17) is 4.74 Å². The molecule has 0 saturated carbocycles. The molecule has 0 aliphatic rings. The predicted molar refractivity (Wildman–Crippen MR) is 128 cm³/mol. The van der Waals surface area contributed by atoms with E-state index in [1.54, 1.807) is 25.3 Å². The number of rotatable bonds is 7. The number of likely N-dealkylation sites (N-methyl/N-ethyl adjacent to an activating group) is 1. The van der Waals surface area contributed by atoms with Crippen LogP contribution in [-0.4, -0.2) is 43.8 Å². The fourth-order valence-corrected chi connectivity index (χ4v) is 4.16. The maximum atomic E-state index is 12.0. The Kier molecular flexibility index (Phi) is 5.57. The number of aromatic nitrogens is 5. The third-order valence-electron chi connectivity index (χ3n) is 5.24. The summed E-state index contributed by atoms with van der Waals surface area (Å²) >= 11 is 1.57. The van der Waals surface area contributed by atoms with Crippen LogP contribution in [0.4, 0.5) is 11.5 Å². The molecule has 0 aliphatic heterocycles. The summed E-state index contributed by atoms with van der Waals surface area (Å²) in [6.07, 6.45) is 2.68. The Labute approximate surface area is 193 Å². The van der Waals surface area contributed by atoms with Crippen LogP contribution >= 0.6 is 11.3 Å². The number of nitrogens with zero attached hydrogens (tertiary/aromatic N) is 5. The van der Waals surface area contributed by atoms with Crippen molar-refractivity contribution >= 4 is 50.6 Å². The topological polar surface area (TPSA) is 107 Å². The van der Waals surface area contributed by atoms with Gasteiger partial charge in [-0.1, -0.05) is 6.07 Å². The van der Waals surface area contributed by atoms with Gasteiger partial charge in [-0.15, -0.1) is 11.3 Å². The van der Waals surface area contributed by atoms with Crippen LogP contribution in [0.25, 0.3) is 21.8 Å². The summed E-state index contributed by atoms with van der Waals surface area (Å²) in [5.74, 6) is 0.913. The van der Waals surface area contributed by atoms with Gasteiger partial charge in [0.2, 0.25) is 0 Å². The van der Waals surface area contributed by atoms with Crippen LogP contribution in [0.5, 0.6) is 5.75 Å². The normalized spacial score (nSPS) is 12.1. The number of hydrogen-bond donors (Lipinski definition) is 2. The number of nitrogens with one attached hydrogen (secondary N) is 2. The molecular formula is C23H21N7O2S. The summed E-state index contributed by atoms with van der Waals surface area (Å²) in [6.45, 7) is 2.33. The second-order valence-corrected chi connectivity index (χ2v) is 8.15. The molecule has 0 spiro atoms. The highest BCUT2D eigenvalue weighted by molar-refractivity contribution is 7.07. The van der Waals surface area contributed by atoms with E-state index >= 15 is 0 Å². The molecule has 0 radical (unpaired) electrons. The van der Waals surface area contributed by atoms with E-state index in [1.165, 1.54) is 6.33 Å². The summed E-state index contributed by atoms with van der Waals surface area (Å²) in [5.41, 5.74) is 5.39. The molecule has 3 heterocycles. The van der Waals surface area contributed by atoms with E-state index in [0.717, 1.165) is 22.3 Å². The fraction of sp³-hybridized carbons (Fsp3) is 0.174. The molecule has 33 heavy (non-hydrogen) atoms. The van der Waals surface area contributed by atoms with Gasteiger partial charge in [-0.05, 0) is 37.3 Å². The summed E-state index contributed by atoms with van der Waals surface area (Å²) in [6, 6.07) is 11.5. The standard InChI is InChI=1S/C23H21N7O2S/c1-14(23(31)24-2)32-20-5-3-4-18-21(20)22(26-12-25-18)29-16-6-7-19-15(8-16)9-28-30(19)10-17-11-33-13-27-17/h3-9,11-14H,10H2,1-2H3,(H,24,31)(H,25,26,29). The second-order valence-electron chi connectivity index (χ2n) is 7.43. The zero-order valence-electron chi connectivity index (χ0n) is 18.0. The molecule has 3 aromatic heterocycles.